The number of aromatic nitrogens is 2. The molecule has 0 N–H and O–H groups in total. The first kappa shape index (κ1) is 26.2. The number of rotatable bonds is 7. The Morgan fingerprint density at radius 3 is 2.78 bits per heavy atom. The minimum atomic E-state index is -0.0225. The molecular formula is C29H34Cl2N4O2. The lowest BCUT2D eigenvalue weighted by molar-refractivity contribution is -0.138. The highest BCUT2D eigenvalue weighted by molar-refractivity contribution is 6.35. The summed E-state index contributed by atoms with van der Waals surface area (Å²) >= 11 is 12.6. The Morgan fingerprint density at radius 2 is 2.03 bits per heavy atom. The highest BCUT2D eigenvalue weighted by atomic mass is 35.5. The summed E-state index contributed by atoms with van der Waals surface area (Å²) in [4.78, 5) is 22.3. The molecule has 37 heavy (non-hydrogen) atoms. The van der Waals surface area contributed by atoms with Gasteiger partial charge in [0.15, 0.2) is 0 Å². The van der Waals surface area contributed by atoms with Crippen molar-refractivity contribution in [3.05, 3.63) is 70.0 Å². The molecule has 0 bridgehead atoms. The Kier molecular flexibility index (Phi) is 8.20. The molecule has 1 unspecified atom stereocenters. The molecule has 3 heterocycles. The van der Waals surface area contributed by atoms with E-state index in [-0.39, 0.29) is 18.0 Å². The number of halogens is 2. The molecule has 6 nitrogen and oxygen atoms in total. The Balaban J connectivity index is 1.33. The summed E-state index contributed by atoms with van der Waals surface area (Å²) in [6.45, 7) is 5.96. The number of carbonyl (C=O) groups excluding carboxylic acids is 1. The SMILES string of the molecule is COCCN1CCCC[C@@H]1C(=O)N1CC=C(c2ccc3ncn(C(C)c4ccc(Cl)cc4Cl)c3c2)CC1. The lowest BCUT2D eigenvalue weighted by Crippen LogP contribution is -2.52. The number of benzene rings is 2. The van der Waals surface area contributed by atoms with Gasteiger partial charge in [-0.3, -0.25) is 9.69 Å². The molecule has 8 heteroatoms. The zero-order valence-corrected chi connectivity index (χ0v) is 23.0. The Bertz CT molecular complexity index is 1300. The molecule has 2 aliphatic rings. The quantitative estimate of drug-likeness (QED) is 0.365. The lowest BCUT2D eigenvalue weighted by Gasteiger charge is -2.38. The first-order valence-corrected chi connectivity index (χ1v) is 13.8. The van der Waals surface area contributed by atoms with Crippen LogP contribution in [0.4, 0.5) is 0 Å². The first-order chi connectivity index (χ1) is 18.0. The molecule has 196 valence electrons. The van der Waals surface area contributed by atoms with E-state index in [2.05, 4.69) is 45.6 Å². The van der Waals surface area contributed by atoms with Crippen LogP contribution in [0.5, 0.6) is 0 Å². The molecule has 0 aliphatic carbocycles. The number of nitrogens with zero attached hydrogens (tertiary/aromatic N) is 4. The summed E-state index contributed by atoms with van der Waals surface area (Å²) in [5.74, 6) is 0.258. The van der Waals surface area contributed by atoms with Gasteiger partial charge in [-0.1, -0.05) is 47.8 Å². The number of methoxy groups -OCH3 is 1. The standard InChI is InChI=1S/C29H34Cl2N4O2/c1-20(24-8-7-23(30)18-25(24)31)35-19-32-26-9-6-22(17-28(26)35)21-10-13-34(14-11-21)29(36)27-5-3-4-12-33(27)15-16-37-2/h6-10,17-20,27H,3-5,11-16H2,1-2H3/t20?,27-/m1/s1. The van der Waals surface area contributed by atoms with Gasteiger partial charge in [-0.2, -0.15) is 0 Å². The van der Waals surface area contributed by atoms with E-state index >= 15 is 0 Å². The largest absolute Gasteiger partial charge is 0.383 e. The molecule has 1 amide bonds. The average Bonchev–Trinajstić information content (AvgIpc) is 3.35. The van der Waals surface area contributed by atoms with Gasteiger partial charge in [0.05, 0.1) is 36.1 Å². The lowest BCUT2D eigenvalue weighted by atomic mass is 9.96. The third-order valence-corrected chi connectivity index (χ3v) is 8.34. The fourth-order valence-corrected chi connectivity index (χ4v) is 6.18. The van der Waals surface area contributed by atoms with Crippen molar-refractivity contribution in [3.63, 3.8) is 0 Å². The molecular weight excluding hydrogens is 507 g/mol. The van der Waals surface area contributed by atoms with E-state index in [1.54, 1.807) is 13.2 Å². The van der Waals surface area contributed by atoms with Crippen LogP contribution in [0.3, 0.4) is 0 Å². The van der Waals surface area contributed by atoms with Crippen molar-refractivity contribution in [2.45, 2.75) is 44.7 Å². The van der Waals surface area contributed by atoms with Crippen molar-refractivity contribution in [2.24, 2.45) is 0 Å². The Labute approximate surface area is 228 Å². The summed E-state index contributed by atoms with van der Waals surface area (Å²) in [7, 11) is 1.72. The van der Waals surface area contributed by atoms with E-state index < -0.39 is 0 Å². The minimum Gasteiger partial charge on any atom is -0.383 e. The first-order valence-electron chi connectivity index (χ1n) is 13.1. The van der Waals surface area contributed by atoms with Crippen LogP contribution in [0.15, 0.2) is 48.8 Å². The number of hydrogen-bond donors (Lipinski definition) is 0. The van der Waals surface area contributed by atoms with Crippen LogP contribution >= 0.6 is 23.2 Å². The van der Waals surface area contributed by atoms with E-state index in [9.17, 15) is 4.79 Å². The molecule has 1 fully saturated rings. The third-order valence-electron chi connectivity index (χ3n) is 7.78. The summed E-state index contributed by atoms with van der Waals surface area (Å²) in [6.07, 6.45) is 8.13. The van der Waals surface area contributed by atoms with Crippen LogP contribution in [0, 0.1) is 0 Å². The van der Waals surface area contributed by atoms with Gasteiger partial charge in [0.25, 0.3) is 0 Å². The fraction of sp³-hybridized carbons (Fsp3) is 0.448. The van der Waals surface area contributed by atoms with E-state index in [0.717, 1.165) is 61.9 Å². The normalized spacial score (nSPS) is 19.7. The van der Waals surface area contributed by atoms with Crippen molar-refractivity contribution in [1.29, 1.82) is 0 Å². The van der Waals surface area contributed by atoms with Crippen LogP contribution in [-0.4, -0.2) is 71.2 Å². The second-order valence-corrected chi connectivity index (χ2v) is 10.8. The summed E-state index contributed by atoms with van der Waals surface area (Å²) in [5.41, 5.74) is 5.46. The van der Waals surface area contributed by atoms with Crippen molar-refractivity contribution in [3.8, 4) is 0 Å². The number of amides is 1. The van der Waals surface area contributed by atoms with Gasteiger partial charge in [-0.25, -0.2) is 4.98 Å². The minimum absolute atomic E-state index is 0.00927. The number of likely N-dealkylation sites (tertiary alicyclic amines) is 1. The molecule has 0 radical (unpaired) electrons. The van der Waals surface area contributed by atoms with E-state index in [0.29, 0.717) is 23.2 Å². The van der Waals surface area contributed by atoms with Crippen LogP contribution in [0.2, 0.25) is 10.0 Å². The van der Waals surface area contributed by atoms with Crippen molar-refractivity contribution in [1.82, 2.24) is 19.4 Å². The number of imidazole rings is 1. The zero-order chi connectivity index (χ0) is 25.9. The van der Waals surface area contributed by atoms with Gasteiger partial charge in [0.1, 0.15) is 0 Å². The van der Waals surface area contributed by atoms with Crippen molar-refractivity contribution >= 4 is 45.7 Å². The maximum Gasteiger partial charge on any atom is 0.240 e. The maximum absolute atomic E-state index is 13.4. The van der Waals surface area contributed by atoms with E-state index in [4.69, 9.17) is 27.9 Å². The molecule has 1 saturated heterocycles. The van der Waals surface area contributed by atoms with Crippen LogP contribution in [0.25, 0.3) is 16.6 Å². The smallest absolute Gasteiger partial charge is 0.240 e. The van der Waals surface area contributed by atoms with Gasteiger partial charge in [0.2, 0.25) is 5.91 Å². The number of piperidine rings is 1. The van der Waals surface area contributed by atoms with Crippen molar-refractivity contribution < 1.29 is 9.53 Å². The van der Waals surface area contributed by atoms with Gasteiger partial charge >= 0.3 is 0 Å². The topological polar surface area (TPSA) is 50.6 Å². The maximum atomic E-state index is 13.4. The fourth-order valence-electron chi connectivity index (χ4n) is 5.61. The summed E-state index contributed by atoms with van der Waals surface area (Å²) in [5, 5.41) is 1.28. The molecule has 2 aromatic carbocycles. The van der Waals surface area contributed by atoms with E-state index in [1.807, 2.05) is 23.4 Å². The molecule has 2 aliphatic heterocycles. The number of ether oxygens (including phenoxy) is 1. The zero-order valence-electron chi connectivity index (χ0n) is 21.5. The van der Waals surface area contributed by atoms with Crippen LogP contribution in [0.1, 0.15) is 49.8 Å². The number of carbonyl (C=O) groups is 1. The number of fused-ring (bicyclic) bond motifs is 1. The monoisotopic (exact) mass is 540 g/mol. The average molecular weight is 542 g/mol. The van der Waals surface area contributed by atoms with Crippen LogP contribution in [-0.2, 0) is 9.53 Å². The molecule has 2 atom stereocenters. The Hall–Kier alpha value is -2.38. The summed E-state index contributed by atoms with van der Waals surface area (Å²) in [6, 6.07) is 12.0. The molecule has 5 rings (SSSR count). The second kappa shape index (κ2) is 11.6. The highest BCUT2D eigenvalue weighted by Gasteiger charge is 2.32. The van der Waals surface area contributed by atoms with Gasteiger partial charge in [-0.05, 0) is 73.7 Å². The molecule has 0 saturated carbocycles. The van der Waals surface area contributed by atoms with Gasteiger partial charge in [0, 0.05) is 36.8 Å². The summed E-state index contributed by atoms with van der Waals surface area (Å²) < 4.78 is 7.43. The molecule has 3 aromatic rings. The predicted molar refractivity (Wildman–Crippen MR) is 150 cm³/mol. The molecule has 1 aromatic heterocycles. The second-order valence-electron chi connectivity index (χ2n) is 10.0. The Morgan fingerprint density at radius 1 is 1.16 bits per heavy atom. The number of hydrogen-bond acceptors (Lipinski definition) is 4. The van der Waals surface area contributed by atoms with Gasteiger partial charge < -0.3 is 14.2 Å². The predicted octanol–water partition coefficient (Wildman–Crippen LogP) is 6.07. The van der Waals surface area contributed by atoms with Crippen LogP contribution < -0.4 is 0 Å². The van der Waals surface area contributed by atoms with E-state index in [1.165, 1.54) is 11.1 Å². The third kappa shape index (κ3) is 5.58. The highest BCUT2D eigenvalue weighted by Crippen LogP contribution is 2.32. The molecule has 0 spiro atoms. The van der Waals surface area contributed by atoms with Gasteiger partial charge in [-0.15, -0.1) is 0 Å². The van der Waals surface area contributed by atoms with Crippen molar-refractivity contribution in [2.75, 3.05) is 39.9 Å².